The van der Waals surface area contributed by atoms with Gasteiger partial charge >= 0.3 is 0 Å². The third kappa shape index (κ3) is 4.34. The van der Waals surface area contributed by atoms with Gasteiger partial charge in [0.05, 0.1) is 22.6 Å². The number of nitrogens with zero attached hydrogens (tertiary/aromatic N) is 1. The Bertz CT molecular complexity index is 629. The van der Waals surface area contributed by atoms with Crippen molar-refractivity contribution in [3.8, 4) is 0 Å². The minimum atomic E-state index is -0.177. The highest BCUT2D eigenvalue weighted by molar-refractivity contribution is 6.35. The van der Waals surface area contributed by atoms with Crippen LogP contribution >= 0.6 is 23.2 Å². The van der Waals surface area contributed by atoms with E-state index < -0.39 is 0 Å². The molecule has 0 aliphatic heterocycles. The fourth-order valence-corrected chi connectivity index (χ4v) is 2.02. The SMILES string of the molecule is CCCNC(=O)c1ccc(Nc2cc(Cl)ccc2Cl)cn1. The molecule has 0 unspecified atom stereocenters. The standard InChI is InChI=1S/C15H15Cl2N3O/c1-2-7-18-15(21)13-6-4-11(9-19-13)20-14-8-10(16)3-5-12(14)17/h3-6,8-9,20H,2,7H2,1H3,(H,18,21). The van der Waals surface area contributed by atoms with Crippen molar-refractivity contribution in [1.29, 1.82) is 0 Å². The molecule has 0 atom stereocenters. The molecule has 1 aromatic heterocycles. The highest BCUT2D eigenvalue weighted by Crippen LogP contribution is 2.28. The van der Waals surface area contributed by atoms with Gasteiger partial charge in [-0.3, -0.25) is 4.79 Å². The molecule has 1 heterocycles. The van der Waals surface area contributed by atoms with E-state index in [9.17, 15) is 4.79 Å². The van der Waals surface area contributed by atoms with E-state index in [-0.39, 0.29) is 5.91 Å². The van der Waals surface area contributed by atoms with Crippen LogP contribution in [0.5, 0.6) is 0 Å². The van der Waals surface area contributed by atoms with Gasteiger partial charge in [0.15, 0.2) is 0 Å². The number of amides is 1. The average molecular weight is 324 g/mol. The van der Waals surface area contributed by atoms with Crippen molar-refractivity contribution in [1.82, 2.24) is 10.3 Å². The van der Waals surface area contributed by atoms with Crippen LogP contribution in [0.1, 0.15) is 23.8 Å². The summed E-state index contributed by atoms with van der Waals surface area (Å²) in [7, 11) is 0. The molecular formula is C15H15Cl2N3O. The number of pyridine rings is 1. The summed E-state index contributed by atoms with van der Waals surface area (Å²) in [5.41, 5.74) is 1.80. The molecule has 6 heteroatoms. The topological polar surface area (TPSA) is 54.0 Å². The number of aromatic nitrogens is 1. The molecule has 110 valence electrons. The third-order valence-electron chi connectivity index (χ3n) is 2.74. The zero-order valence-electron chi connectivity index (χ0n) is 11.5. The molecule has 2 N–H and O–H groups in total. The zero-order valence-corrected chi connectivity index (χ0v) is 13.0. The van der Waals surface area contributed by atoms with Gasteiger partial charge in [0.1, 0.15) is 5.69 Å². The van der Waals surface area contributed by atoms with Gasteiger partial charge in [0, 0.05) is 11.6 Å². The first-order valence-electron chi connectivity index (χ1n) is 6.56. The molecule has 2 aromatic rings. The molecule has 0 radical (unpaired) electrons. The Morgan fingerprint density at radius 2 is 2.05 bits per heavy atom. The van der Waals surface area contributed by atoms with Crippen LogP contribution in [-0.2, 0) is 0 Å². The maximum atomic E-state index is 11.7. The quantitative estimate of drug-likeness (QED) is 0.863. The zero-order chi connectivity index (χ0) is 15.2. The summed E-state index contributed by atoms with van der Waals surface area (Å²) in [4.78, 5) is 15.9. The van der Waals surface area contributed by atoms with Crippen molar-refractivity contribution in [3.63, 3.8) is 0 Å². The van der Waals surface area contributed by atoms with Crippen molar-refractivity contribution in [2.24, 2.45) is 0 Å². The van der Waals surface area contributed by atoms with Gasteiger partial charge in [-0.15, -0.1) is 0 Å². The van der Waals surface area contributed by atoms with Crippen LogP contribution in [0.4, 0.5) is 11.4 Å². The van der Waals surface area contributed by atoms with Crippen LogP contribution in [0, 0.1) is 0 Å². The molecule has 0 fully saturated rings. The van der Waals surface area contributed by atoms with E-state index >= 15 is 0 Å². The first kappa shape index (κ1) is 15.6. The van der Waals surface area contributed by atoms with E-state index in [1.165, 1.54) is 0 Å². The highest BCUT2D eigenvalue weighted by atomic mass is 35.5. The van der Waals surface area contributed by atoms with E-state index in [4.69, 9.17) is 23.2 Å². The lowest BCUT2D eigenvalue weighted by molar-refractivity contribution is 0.0949. The smallest absolute Gasteiger partial charge is 0.269 e. The summed E-state index contributed by atoms with van der Waals surface area (Å²) in [6.07, 6.45) is 2.47. The van der Waals surface area contributed by atoms with Gasteiger partial charge in [-0.25, -0.2) is 4.98 Å². The van der Waals surface area contributed by atoms with Crippen molar-refractivity contribution < 1.29 is 4.79 Å². The monoisotopic (exact) mass is 323 g/mol. The maximum Gasteiger partial charge on any atom is 0.269 e. The number of carbonyl (C=O) groups excluding carboxylic acids is 1. The van der Waals surface area contributed by atoms with E-state index in [0.717, 1.165) is 12.1 Å². The molecule has 21 heavy (non-hydrogen) atoms. The lowest BCUT2D eigenvalue weighted by atomic mass is 10.2. The van der Waals surface area contributed by atoms with E-state index in [1.54, 1.807) is 36.5 Å². The molecule has 4 nitrogen and oxygen atoms in total. The fourth-order valence-electron chi connectivity index (χ4n) is 1.68. The second kappa shape index (κ2) is 7.29. The van der Waals surface area contributed by atoms with Crippen LogP contribution in [0.25, 0.3) is 0 Å². The van der Waals surface area contributed by atoms with Crippen molar-refractivity contribution in [3.05, 3.63) is 52.3 Å². The van der Waals surface area contributed by atoms with E-state index in [0.29, 0.717) is 28.0 Å². The molecule has 2 rings (SSSR count). The van der Waals surface area contributed by atoms with Gasteiger partial charge in [-0.05, 0) is 36.8 Å². The number of halogens is 2. The Morgan fingerprint density at radius 1 is 1.24 bits per heavy atom. The molecule has 1 aromatic carbocycles. The second-order valence-corrected chi connectivity index (χ2v) is 5.28. The van der Waals surface area contributed by atoms with Crippen LogP contribution in [0.3, 0.4) is 0 Å². The molecule has 0 bridgehead atoms. The first-order valence-corrected chi connectivity index (χ1v) is 7.32. The van der Waals surface area contributed by atoms with Crippen molar-refractivity contribution >= 4 is 40.5 Å². The van der Waals surface area contributed by atoms with Crippen molar-refractivity contribution in [2.75, 3.05) is 11.9 Å². The third-order valence-corrected chi connectivity index (χ3v) is 3.30. The summed E-state index contributed by atoms with van der Waals surface area (Å²) in [6.45, 7) is 2.63. The number of benzene rings is 1. The number of hydrogen-bond acceptors (Lipinski definition) is 3. The number of hydrogen-bond donors (Lipinski definition) is 2. The van der Waals surface area contributed by atoms with Crippen LogP contribution in [-0.4, -0.2) is 17.4 Å². The molecule has 0 saturated carbocycles. The Balaban J connectivity index is 2.09. The van der Waals surface area contributed by atoms with Crippen LogP contribution in [0.15, 0.2) is 36.5 Å². The summed E-state index contributed by atoms with van der Waals surface area (Å²) in [5.74, 6) is -0.177. The Morgan fingerprint density at radius 3 is 2.71 bits per heavy atom. The van der Waals surface area contributed by atoms with Gasteiger partial charge in [-0.2, -0.15) is 0 Å². The fraction of sp³-hybridized carbons (Fsp3) is 0.200. The van der Waals surface area contributed by atoms with Gasteiger partial charge < -0.3 is 10.6 Å². The van der Waals surface area contributed by atoms with Crippen LogP contribution in [0.2, 0.25) is 10.0 Å². The van der Waals surface area contributed by atoms with Crippen molar-refractivity contribution in [2.45, 2.75) is 13.3 Å². The van der Waals surface area contributed by atoms with Gasteiger partial charge in [0.2, 0.25) is 0 Å². The summed E-state index contributed by atoms with van der Waals surface area (Å²) in [5, 5.41) is 7.03. The Hall–Kier alpha value is -1.78. The minimum Gasteiger partial charge on any atom is -0.353 e. The van der Waals surface area contributed by atoms with Crippen LogP contribution < -0.4 is 10.6 Å². The number of nitrogens with one attached hydrogen (secondary N) is 2. The van der Waals surface area contributed by atoms with E-state index in [1.807, 2.05) is 6.92 Å². The molecule has 1 amide bonds. The molecule has 0 aliphatic carbocycles. The minimum absolute atomic E-state index is 0.177. The lowest BCUT2D eigenvalue weighted by Crippen LogP contribution is -2.24. The number of carbonyl (C=O) groups is 1. The van der Waals surface area contributed by atoms with E-state index in [2.05, 4.69) is 15.6 Å². The maximum absolute atomic E-state index is 11.7. The average Bonchev–Trinajstić information content (AvgIpc) is 2.49. The normalized spacial score (nSPS) is 10.2. The highest BCUT2D eigenvalue weighted by Gasteiger charge is 2.07. The first-order chi connectivity index (χ1) is 10.1. The number of rotatable bonds is 5. The lowest BCUT2D eigenvalue weighted by Gasteiger charge is -2.09. The summed E-state index contributed by atoms with van der Waals surface area (Å²) < 4.78 is 0. The molecule has 0 spiro atoms. The molecular weight excluding hydrogens is 309 g/mol. The van der Waals surface area contributed by atoms with Gasteiger partial charge in [0.25, 0.3) is 5.91 Å². The Labute approximate surface area is 133 Å². The van der Waals surface area contributed by atoms with Gasteiger partial charge in [-0.1, -0.05) is 30.1 Å². The summed E-state index contributed by atoms with van der Waals surface area (Å²) >= 11 is 12.0. The number of anilines is 2. The predicted molar refractivity (Wildman–Crippen MR) is 86.6 cm³/mol. The second-order valence-electron chi connectivity index (χ2n) is 4.44. The molecule has 0 saturated heterocycles. The molecule has 0 aliphatic rings. The Kier molecular flexibility index (Phi) is 5.42. The summed E-state index contributed by atoms with van der Waals surface area (Å²) in [6, 6.07) is 8.59. The predicted octanol–water partition coefficient (Wildman–Crippen LogP) is 4.27. The largest absolute Gasteiger partial charge is 0.353 e.